The van der Waals surface area contributed by atoms with E-state index in [4.69, 9.17) is 17.7 Å². The molecule has 0 spiro atoms. The van der Waals surface area contributed by atoms with E-state index in [9.17, 15) is 0 Å². The van der Waals surface area contributed by atoms with Gasteiger partial charge in [0.25, 0.3) is 0 Å². The summed E-state index contributed by atoms with van der Waals surface area (Å²) in [5.74, 6) is 0. The van der Waals surface area contributed by atoms with Crippen LogP contribution in [-0.2, 0) is 0 Å². The van der Waals surface area contributed by atoms with Crippen molar-refractivity contribution in [3.63, 3.8) is 0 Å². The number of furan rings is 4. The van der Waals surface area contributed by atoms with Crippen LogP contribution in [-0.4, -0.2) is 0 Å². The summed E-state index contributed by atoms with van der Waals surface area (Å²) < 4.78 is 26.5. The maximum absolute atomic E-state index is 6.79. The Morgan fingerprint density at radius 3 is 1.04 bits per heavy atom. The molecule has 0 aliphatic carbocycles. The van der Waals surface area contributed by atoms with Crippen molar-refractivity contribution in [1.29, 1.82) is 0 Å². The van der Waals surface area contributed by atoms with Crippen LogP contribution < -0.4 is 9.80 Å². The van der Waals surface area contributed by atoms with Crippen molar-refractivity contribution in [2.45, 2.75) is 0 Å². The lowest BCUT2D eigenvalue weighted by molar-refractivity contribution is 0.656. The number of hydrogen-bond acceptors (Lipinski definition) is 6. The number of para-hydroxylation sites is 4. The molecule has 4 heterocycles. The summed E-state index contributed by atoms with van der Waals surface area (Å²) in [7, 11) is 0. The topological polar surface area (TPSA) is 59.0 Å². The van der Waals surface area contributed by atoms with Gasteiger partial charge in [0.15, 0.2) is 0 Å². The smallest absolute Gasteiger partial charge is 0.139 e. The highest BCUT2D eigenvalue weighted by Gasteiger charge is 2.26. The highest BCUT2D eigenvalue weighted by Crippen LogP contribution is 2.50. The maximum Gasteiger partial charge on any atom is 0.139 e. The van der Waals surface area contributed by atoms with Gasteiger partial charge in [-0.15, -0.1) is 0 Å². The average Bonchev–Trinajstić information content (AvgIpc) is 4.47. The fourth-order valence-corrected chi connectivity index (χ4v) is 12.6. The van der Waals surface area contributed by atoms with Crippen LogP contribution in [0.4, 0.5) is 34.1 Å². The summed E-state index contributed by atoms with van der Waals surface area (Å²) in [5.41, 5.74) is 17.4. The summed E-state index contributed by atoms with van der Waals surface area (Å²) in [6.45, 7) is 0. The molecule has 17 aromatic rings. The molecule has 0 radical (unpaired) electrons. The second-order valence-corrected chi connectivity index (χ2v) is 20.7. The third-order valence-electron chi connectivity index (χ3n) is 16.1. The lowest BCUT2D eigenvalue weighted by Gasteiger charge is -2.28. The molecule has 80 heavy (non-hydrogen) atoms. The van der Waals surface area contributed by atoms with E-state index in [2.05, 4.69) is 252 Å². The van der Waals surface area contributed by atoms with Crippen LogP contribution >= 0.6 is 0 Å². The molecule has 6 nitrogen and oxygen atoms in total. The maximum atomic E-state index is 6.79. The normalized spacial score (nSPS) is 12.0. The van der Waals surface area contributed by atoms with E-state index in [0.29, 0.717) is 0 Å². The Morgan fingerprint density at radius 2 is 0.588 bits per heavy atom. The van der Waals surface area contributed by atoms with E-state index < -0.39 is 0 Å². The summed E-state index contributed by atoms with van der Waals surface area (Å²) >= 11 is 0. The Bertz CT molecular complexity index is 4980. The lowest BCUT2D eigenvalue weighted by atomic mass is 9.96. The first-order chi connectivity index (χ1) is 39.6. The molecule has 0 N–H and O–H groups in total. The molecule has 0 amide bonds. The van der Waals surface area contributed by atoms with Crippen LogP contribution in [0.25, 0.3) is 132 Å². The minimum Gasteiger partial charge on any atom is -0.456 e. The number of rotatable bonds is 8. The Labute approximate surface area is 457 Å². The molecule has 0 aliphatic rings. The van der Waals surface area contributed by atoms with Crippen molar-refractivity contribution in [2.24, 2.45) is 0 Å². The molecule has 13 aromatic carbocycles. The van der Waals surface area contributed by atoms with Crippen molar-refractivity contribution in [3.05, 3.63) is 267 Å². The monoisotopic (exact) mass is 1020 g/mol. The van der Waals surface area contributed by atoms with Gasteiger partial charge in [-0.1, -0.05) is 146 Å². The first-order valence-electron chi connectivity index (χ1n) is 27.0. The van der Waals surface area contributed by atoms with Crippen molar-refractivity contribution in [1.82, 2.24) is 0 Å². The van der Waals surface area contributed by atoms with Crippen molar-refractivity contribution in [2.75, 3.05) is 9.80 Å². The first kappa shape index (κ1) is 44.3. The van der Waals surface area contributed by atoms with Gasteiger partial charge in [0, 0.05) is 83.0 Å². The van der Waals surface area contributed by atoms with Crippen LogP contribution in [0.2, 0.25) is 0 Å². The number of benzene rings is 13. The SMILES string of the molecule is c1ccc(-c2c(N(c3ccccc3)c3ccc4cc5c(cc4c3)oc3cc4oc6cc7cc(N(c8ccccc8)c8ccc9oc%10ccccc%10c9c8-c8ccccc8)ccc7cc6c4cc35)ccc3oc4ccccc4c23)cc1. The van der Waals surface area contributed by atoms with E-state index in [-0.39, 0.29) is 0 Å². The molecule has 374 valence electrons. The Morgan fingerprint density at radius 1 is 0.212 bits per heavy atom. The summed E-state index contributed by atoms with van der Waals surface area (Å²) in [6, 6.07) is 94.5. The average molecular weight is 1030 g/mol. The molecule has 0 fully saturated rings. The molecule has 0 unspecified atom stereocenters. The third kappa shape index (κ3) is 6.85. The van der Waals surface area contributed by atoms with Gasteiger partial charge in [0.05, 0.1) is 11.4 Å². The van der Waals surface area contributed by atoms with Gasteiger partial charge in [-0.25, -0.2) is 0 Å². The van der Waals surface area contributed by atoms with E-state index in [1.807, 2.05) is 24.3 Å². The van der Waals surface area contributed by atoms with Gasteiger partial charge in [-0.2, -0.15) is 0 Å². The van der Waals surface area contributed by atoms with Gasteiger partial charge in [-0.05, 0) is 148 Å². The molecule has 6 heteroatoms. The predicted molar refractivity (Wildman–Crippen MR) is 331 cm³/mol. The second kappa shape index (κ2) is 17.3. The largest absolute Gasteiger partial charge is 0.456 e. The van der Waals surface area contributed by atoms with Gasteiger partial charge in [-0.3, -0.25) is 0 Å². The van der Waals surface area contributed by atoms with Crippen LogP contribution in [0.15, 0.2) is 285 Å². The quantitative estimate of drug-likeness (QED) is 0.151. The van der Waals surface area contributed by atoms with Crippen LogP contribution in [0.1, 0.15) is 0 Å². The molecule has 17 rings (SSSR count). The summed E-state index contributed by atoms with van der Waals surface area (Å²) in [4.78, 5) is 4.72. The second-order valence-electron chi connectivity index (χ2n) is 20.7. The molecule has 4 aromatic heterocycles. The van der Waals surface area contributed by atoms with Crippen LogP contribution in [0, 0.1) is 0 Å². The van der Waals surface area contributed by atoms with Crippen LogP contribution in [0.5, 0.6) is 0 Å². The Kier molecular flexibility index (Phi) is 9.61. The molecule has 0 saturated carbocycles. The zero-order valence-corrected chi connectivity index (χ0v) is 42.9. The minimum absolute atomic E-state index is 0.781. The molecule has 0 saturated heterocycles. The third-order valence-corrected chi connectivity index (χ3v) is 16.1. The summed E-state index contributed by atoms with van der Waals surface area (Å²) in [5, 5.41) is 13.0. The zero-order valence-electron chi connectivity index (χ0n) is 42.9. The van der Waals surface area contributed by atoms with Crippen molar-refractivity contribution >= 4 is 143 Å². The zero-order chi connectivity index (χ0) is 52.4. The predicted octanol–water partition coefficient (Wildman–Crippen LogP) is 21.9. The molecular formula is C74H44N2O4. The van der Waals surface area contributed by atoms with Crippen LogP contribution in [0.3, 0.4) is 0 Å². The lowest BCUT2D eigenvalue weighted by Crippen LogP contribution is -2.11. The van der Waals surface area contributed by atoms with Gasteiger partial charge in [0.1, 0.15) is 44.7 Å². The van der Waals surface area contributed by atoms with Crippen molar-refractivity contribution < 1.29 is 17.7 Å². The molecule has 0 bridgehead atoms. The highest BCUT2D eigenvalue weighted by atomic mass is 16.3. The van der Waals surface area contributed by atoms with E-state index in [0.717, 1.165) is 166 Å². The molecule has 0 atom stereocenters. The summed E-state index contributed by atoms with van der Waals surface area (Å²) in [6.07, 6.45) is 0. The van der Waals surface area contributed by atoms with E-state index in [1.54, 1.807) is 0 Å². The fourth-order valence-electron chi connectivity index (χ4n) is 12.6. The van der Waals surface area contributed by atoms with E-state index >= 15 is 0 Å². The number of hydrogen-bond donors (Lipinski definition) is 0. The standard InChI is InChI=1S/C74H44N2O4/c1-5-17-45(18-6-1)71-61(33-35-65-73(71)55-25-13-15-27-63(55)77-65)75(51-21-9-3-10-22-51)53-31-29-47-39-57-59-43-60-58-40-48-30-32-54(38-50(48)42-68(58)80-70(60)44-69(59)79-67(57)41-49(47)37-53)76(52-23-11-4-12-24-52)62-34-36-66-74(56-26-14-16-28-64(56)78-66)72(62)46-19-7-2-8-20-46/h1-44H. The van der Waals surface area contributed by atoms with Gasteiger partial charge < -0.3 is 27.5 Å². The van der Waals surface area contributed by atoms with Gasteiger partial charge in [0.2, 0.25) is 0 Å². The highest BCUT2D eigenvalue weighted by molar-refractivity contribution is 6.21. The van der Waals surface area contributed by atoms with Gasteiger partial charge >= 0.3 is 0 Å². The first-order valence-corrected chi connectivity index (χ1v) is 27.0. The van der Waals surface area contributed by atoms with E-state index in [1.165, 1.54) is 0 Å². The molecular weight excluding hydrogens is 981 g/mol. The fraction of sp³-hybridized carbons (Fsp3) is 0. The number of fused-ring (bicyclic) bond motifs is 14. The number of nitrogens with zero attached hydrogens (tertiary/aromatic N) is 2. The van der Waals surface area contributed by atoms with Crippen molar-refractivity contribution in [3.8, 4) is 22.3 Å². The number of anilines is 6. The molecule has 0 aliphatic heterocycles. The Hall–Kier alpha value is -10.8. The Balaban J connectivity index is 0.783. The minimum atomic E-state index is 0.781.